The number of halogens is 1. The molecule has 0 bridgehead atoms. The standard InChI is InChI=1S/C25H48FO5P/c1-5-6-7-8-9-10-11-12-13-14-15-16-17-18-19-20-25(27)31-24(21-29-23(2)3)22-30-32(4,26)28/h12-13,23-24H,5-11,14-22H2,1-4H3/b13-12-/t24-,32-/m1/s1. The largest absolute Gasteiger partial charge is 0.457 e. The zero-order chi connectivity index (χ0) is 24.1. The highest BCUT2D eigenvalue weighted by Crippen LogP contribution is 2.44. The summed E-state index contributed by atoms with van der Waals surface area (Å²) in [6, 6.07) is 0. The molecule has 0 N–H and O–H groups in total. The number of hydrogen-bond acceptors (Lipinski definition) is 5. The fourth-order valence-corrected chi connectivity index (χ4v) is 3.65. The molecule has 0 fully saturated rings. The molecule has 0 aliphatic rings. The zero-order valence-electron chi connectivity index (χ0n) is 21.0. The average molecular weight is 479 g/mol. The van der Waals surface area contributed by atoms with E-state index in [2.05, 4.69) is 23.6 Å². The first-order valence-electron chi connectivity index (χ1n) is 12.6. The third-order valence-corrected chi connectivity index (χ3v) is 5.66. The molecular formula is C25H48FO5P. The van der Waals surface area contributed by atoms with Crippen molar-refractivity contribution in [3.8, 4) is 0 Å². The van der Waals surface area contributed by atoms with Gasteiger partial charge in [-0.1, -0.05) is 70.4 Å². The summed E-state index contributed by atoms with van der Waals surface area (Å²) in [4.78, 5) is 12.1. The molecule has 0 radical (unpaired) electrons. The Morgan fingerprint density at radius 2 is 1.41 bits per heavy atom. The summed E-state index contributed by atoms with van der Waals surface area (Å²) in [5, 5.41) is 0. The van der Waals surface area contributed by atoms with Crippen LogP contribution in [0.4, 0.5) is 4.20 Å². The lowest BCUT2D eigenvalue weighted by Crippen LogP contribution is -2.29. The predicted octanol–water partition coefficient (Wildman–Crippen LogP) is 8.17. The molecule has 0 aromatic rings. The van der Waals surface area contributed by atoms with Gasteiger partial charge in [-0.05, 0) is 46.0 Å². The highest BCUT2D eigenvalue weighted by atomic mass is 31.2. The van der Waals surface area contributed by atoms with Gasteiger partial charge in [-0.2, -0.15) is 4.20 Å². The second kappa shape index (κ2) is 20.9. The Bertz CT molecular complexity index is 518. The van der Waals surface area contributed by atoms with Gasteiger partial charge < -0.3 is 14.0 Å². The van der Waals surface area contributed by atoms with Gasteiger partial charge in [0, 0.05) is 13.1 Å². The van der Waals surface area contributed by atoms with Gasteiger partial charge in [0.2, 0.25) is 0 Å². The van der Waals surface area contributed by atoms with Gasteiger partial charge >= 0.3 is 13.6 Å². The van der Waals surface area contributed by atoms with Crippen molar-refractivity contribution in [3.63, 3.8) is 0 Å². The third-order valence-electron chi connectivity index (χ3n) is 5.05. The summed E-state index contributed by atoms with van der Waals surface area (Å²) >= 11 is 0. The summed E-state index contributed by atoms with van der Waals surface area (Å²) < 4.78 is 39.7. The molecule has 0 rings (SSSR count). The predicted molar refractivity (Wildman–Crippen MR) is 131 cm³/mol. The van der Waals surface area contributed by atoms with E-state index >= 15 is 0 Å². The Balaban J connectivity index is 3.74. The van der Waals surface area contributed by atoms with Crippen molar-refractivity contribution in [3.05, 3.63) is 12.2 Å². The van der Waals surface area contributed by atoms with Crippen LogP contribution in [0.3, 0.4) is 0 Å². The zero-order valence-corrected chi connectivity index (χ0v) is 21.9. The Morgan fingerprint density at radius 1 is 0.875 bits per heavy atom. The summed E-state index contributed by atoms with van der Waals surface area (Å²) in [7, 11) is -4.12. The molecular weight excluding hydrogens is 430 g/mol. The van der Waals surface area contributed by atoms with E-state index in [0.29, 0.717) is 6.42 Å². The van der Waals surface area contributed by atoms with Crippen LogP contribution in [0, 0.1) is 0 Å². The van der Waals surface area contributed by atoms with Crippen LogP contribution in [0.15, 0.2) is 12.2 Å². The topological polar surface area (TPSA) is 61.8 Å². The molecule has 32 heavy (non-hydrogen) atoms. The van der Waals surface area contributed by atoms with Crippen LogP contribution in [-0.4, -0.2) is 38.1 Å². The smallest absolute Gasteiger partial charge is 0.364 e. The molecule has 0 aliphatic heterocycles. The number of unbranched alkanes of at least 4 members (excludes halogenated alkanes) is 11. The van der Waals surface area contributed by atoms with Gasteiger partial charge in [-0.15, -0.1) is 0 Å². The van der Waals surface area contributed by atoms with Crippen molar-refractivity contribution >= 4 is 13.6 Å². The lowest BCUT2D eigenvalue weighted by molar-refractivity contribution is -0.155. The van der Waals surface area contributed by atoms with Crippen molar-refractivity contribution in [1.29, 1.82) is 0 Å². The van der Waals surface area contributed by atoms with Crippen molar-refractivity contribution in [2.24, 2.45) is 0 Å². The lowest BCUT2D eigenvalue weighted by Gasteiger charge is -2.19. The first kappa shape index (κ1) is 31.3. The van der Waals surface area contributed by atoms with Crippen molar-refractivity contribution in [2.75, 3.05) is 19.9 Å². The highest BCUT2D eigenvalue weighted by Gasteiger charge is 2.21. The Morgan fingerprint density at radius 3 is 1.94 bits per heavy atom. The second-order valence-corrected chi connectivity index (χ2v) is 10.6. The molecule has 0 spiro atoms. The number of carbonyl (C=O) groups is 1. The van der Waals surface area contributed by atoms with Crippen LogP contribution in [0.5, 0.6) is 0 Å². The van der Waals surface area contributed by atoms with Crippen molar-refractivity contribution in [1.82, 2.24) is 0 Å². The molecule has 0 heterocycles. The van der Waals surface area contributed by atoms with Crippen LogP contribution in [-0.2, 0) is 23.4 Å². The molecule has 5 nitrogen and oxygen atoms in total. The van der Waals surface area contributed by atoms with E-state index < -0.39 is 13.8 Å². The van der Waals surface area contributed by atoms with Gasteiger partial charge in [-0.3, -0.25) is 9.36 Å². The molecule has 7 heteroatoms. The monoisotopic (exact) mass is 478 g/mol. The molecule has 2 atom stereocenters. The van der Waals surface area contributed by atoms with E-state index in [0.717, 1.165) is 38.8 Å². The van der Waals surface area contributed by atoms with E-state index in [1.165, 1.54) is 51.4 Å². The quantitative estimate of drug-likeness (QED) is 0.0679. The fourth-order valence-electron chi connectivity index (χ4n) is 3.22. The molecule has 0 aliphatic carbocycles. The molecule has 0 aromatic heterocycles. The Kier molecular flexibility index (Phi) is 20.4. The third kappa shape index (κ3) is 23.9. The second-order valence-electron chi connectivity index (χ2n) is 8.87. The van der Waals surface area contributed by atoms with Crippen LogP contribution < -0.4 is 0 Å². The maximum Gasteiger partial charge on any atom is 0.364 e. The summed E-state index contributed by atoms with van der Waals surface area (Å²) in [6.07, 6.45) is 19.7. The number of esters is 1. The number of allylic oxidation sites excluding steroid dienone is 2. The Labute approximate surface area is 196 Å². The van der Waals surface area contributed by atoms with E-state index in [1.54, 1.807) is 0 Å². The van der Waals surface area contributed by atoms with Gasteiger partial charge in [0.15, 0.2) is 0 Å². The maximum absolute atomic E-state index is 13.1. The minimum atomic E-state index is -4.12. The molecule has 0 aromatic carbocycles. The van der Waals surface area contributed by atoms with Gasteiger partial charge in [-0.25, -0.2) is 0 Å². The van der Waals surface area contributed by atoms with Crippen LogP contribution in [0.1, 0.15) is 111 Å². The van der Waals surface area contributed by atoms with Crippen LogP contribution in [0.25, 0.3) is 0 Å². The number of rotatable bonds is 22. The van der Waals surface area contributed by atoms with Crippen molar-refractivity contribution < 1.29 is 27.6 Å². The van der Waals surface area contributed by atoms with Gasteiger partial charge in [0.1, 0.15) is 6.10 Å². The SMILES string of the molecule is CCCCCCCC/C=C\CCCCCCCC(=O)O[C@H](COC(C)C)CO[P@@](C)(=O)F. The van der Waals surface area contributed by atoms with Gasteiger partial charge in [0.05, 0.1) is 19.3 Å². The number of ether oxygens (including phenoxy) is 2. The molecule has 0 unspecified atom stereocenters. The highest BCUT2D eigenvalue weighted by molar-refractivity contribution is 7.52. The molecule has 0 saturated heterocycles. The average Bonchev–Trinajstić information content (AvgIpc) is 2.72. The summed E-state index contributed by atoms with van der Waals surface area (Å²) in [5.74, 6) is -0.353. The van der Waals surface area contributed by atoms with Crippen LogP contribution in [0.2, 0.25) is 0 Å². The summed E-state index contributed by atoms with van der Waals surface area (Å²) in [5.41, 5.74) is 0. The minimum Gasteiger partial charge on any atom is -0.457 e. The first-order valence-corrected chi connectivity index (χ1v) is 14.6. The van der Waals surface area contributed by atoms with E-state index in [9.17, 15) is 13.6 Å². The lowest BCUT2D eigenvalue weighted by atomic mass is 10.1. The van der Waals surface area contributed by atoms with Crippen LogP contribution >= 0.6 is 7.68 Å². The normalized spacial score (nSPS) is 14.7. The van der Waals surface area contributed by atoms with Gasteiger partial charge in [0.25, 0.3) is 0 Å². The molecule has 0 saturated carbocycles. The summed E-state index contributed by atoms with van der Waals surface area (Å²) in [6.45, 7) is 6.67. The first-order chi connectivity index (χ1) is 15.2. The van der Waals surface area contributed by atoms with E-state index in [1.807, 2.05) is 13.8 Å². The van der Waals surface area contributed by atoms with E-state index in [4.69, 9.17) is 9.47 Å². The molecule has 0 amide bonds. The van der Waals surface area contributed by atoms with E-state index in [-0.39, 0.29) is 25.3 Å². The Hall–Kier alpha value is -0.710. The maximum atomic E-state index is 13.1. The fraction of sp³-hybridized carbons (Fsp3) is 0.880. The number of carbonyl (C=O) groups excluding carboxylic acids is 1. The molecule has 190 valence electrons. The minimum absolute atomic E-state index is 0.0552. The number of hydrogen-bond donors (Lipinski definition) is 0. The van der Waals surface area contributed by atoms with Crippen molar-refractivity contribution in [2.45, 2.75) is 123 Å².